The summed E-state index contributed by atoms with van der Waals surface area (Å²) in [6, 6.07) is 50.7. The molecule has 1 fully saturated rings. The zero-order valence-corrected chi connectivity index (χ0v) is 28.6. The van der Waals surface area contributed by atoms with Gasteiger partial charge in [0.25, 0.3) is 0 Å². The third-order valence-electron chi connectivity index (χ3n) is 11.9. The Hall–Kier alpha value is -6.26. The van der Waals surface area contributed by atoms with Crippen LogP contribution < -0.4 is 0 Å². The predicted octanol–water partition coefficient (Wildman–Crippen LogP) is 13.7. The van der Waals surface area contributed by atoms with Crippen molar-refractivity contribution >= 4 is 87.5 Å². The minimum atomic E-state index is 0.476. The fourth-order valence-corrected chi connectivity index (χ4v) is 9.59. The first-order valence-electron chi connectivity index (χ1n) is 18.6. The summed E-state index contributed by atoms with van der Waals surface area (Å²) in [5.74, 6) is 0.476. The van der Waals surface area contributed by atoms with Crippen molar-refractivity contribution < 1.29 is 8.83 Å². The molecule has 248 valence electrons. The molecule has 1 aliphatic carbocycles. The first-order valence-corrected chi connectivity index (χ1v) is 18.6. The number of furan rings is 2. The van der Waals surface area contributed by atoms with Gasteiger partial charge in [0.1, 0.15) is 11.2 Å². The van der Waals surface area contributed by atoms with Crippen LogP contribution in [0.1, 0.15) is 43.6 Å². The summed E-state index contributed by atoms with van der Waals surface area (Å²) in [6.45, 7) is 0. The van der Waals surface area contributed by atoms with E-state index in [0.29, 0.717) is 5.92 Å². The Morgan fingerprint density at radius 2 is 0.865 bits per heavy atom. The van der Waals surface area contributed by atoms with Gasteiger partial charge in [0, 0.05) is 54.5 Å². The maximum atomic E-state index is 6.88. The third-order valence-corrected chi connectivity index (χ3v) is 11.9. The fraction of sp³-hybridized carbons (Fsp3) is 0.125. The number of hydrogen-bond donors (Lipinski definition) is 0. The Kier molecular flexibility index (Phi) is 5.81. The number of hydrogen-bond acceptors (Lipinski definition) is 2. The molecule has 4 heteroatoms. The molecule has 0 aliphatic heterocycles. The quantitative estimate of drug-likeness (QED) is 0.188. The van der Waals surface area contributed by atoms with E-state index in [9.17, 15) is 0 Å². The van der Waals surface area contributed by atoms with Crippen LogP contribution in [0.25, 0.3) is 98.9 Å². The molecule has 0 spiro atoms. The lowest BCUT2D eigenvalue weighted by Crippen LogP contribution is -2.05. The molecule has 4 aromatic heterocycles. The second-order valence-corrected chi connectivity index (χ2v) is 14.7. The van der Waals surface area contributed by atoms with Crippen LogP contribution in [-0.2, 0) is 0 Å². The van der Waals surface area contributed by atoms with Crippen LogP contribution in [0.2, 0.25) is 0 Å². The SMILES string of the molecule is c1ccc2c(c1)c1ccccc1n2-c1ccc2oc3c(cc(C4CCCCC4)c4c5cc(-n6c7ccccc7c7ccccc76)ccc5oc34)c2c1. The first kappa shape index (κ1) is 28.4. The van der Waals surface area contributed by atoms with E-state index in [1.165, 1.54) is 86.7 Å². The maximum Gasteiger partial charge on any atom is 0.178 e. The molecule has 11 aromatic rings. The van der Waals surface area contributed by atoms with E-state index in [2.05, 4.69) is 149 Å². The molecule has 1 aliphatic rings. The summed E-state index contributed by atoms with van der Waals surface area (Å²) >= 11 is 0. The van der Waals surface area contributed by atoms with Gasteiger partial charge in [-0.2, -0.15) is 0 Å². The van der Waals surface area contributed by atoms with Gasteiger partial charge in [0.2, 0.25) is 0 Å². The number of fused-ring (bicyclic) bond motifs is 13. The molecule has 0 atom stereocenters. The molecular formula is C48H34N2O2. The molecule has 0 radical (unpaired) electrons. The summed E-state index contributed by atoms with van der Waals surface area (Å²) in [5, 5.41) is 9.68. The second-order valence-electron chi connectivity index (χ2n) is 14.7. The Morgan fingerprint density at radius 3 is 1.40 bits per heavy atom. The van der Waals surface area contributed by atoms with Crippen molar-refractivity contribution in [3.05, 3.63) is 145 Å². The minimum absolute atomic E-state index is 0.476. The Morgan fingerprint density at radius 1 is 0.404 bits per heavy atom. The third kappa shape index (κ3) is 3.87. The molecule has 0 bridgehead atoms. The minimum Gasteiger partial charge on any atom is -0.452 e. The number of para-hydroxylation sites is 4. The Bertz CT molecular complexity index is 3130. The summed E-state index contributed by atoms with van der Waals surface area (Å²) in [5.41, 5.74) is 12.0. The van der Waals surface area contributed by atoms with Gasteiger partial charge in [0.15, 0.2) is 11.2 Å². The average molecular weight is 671 g/mol. The number of nitrogens with zero attached hydrogens (tertiary/aromatic N) is 2. The maximum absolute atomic E-state index is 6.88. The number of aromatic nitrogens is 2. The first-order chi connectivity index (χ1) is 25.8. The van der Waals surface area contributed by atoms with Crippen LogP contribution in [0.15, 0.2) is 148 Å². The highest BCUT2D eigenvalue weighted by molar-refractivity contribution is 6.21. The van der Waals surface area contributed by atoms with Crippen molar-refractivity contribution in [1.29, 1.82) is 0 Å². The van der Waals surface area contributed by atoms with Gasteiger partial charge in [-0.25, -0.2) is 0 Å². The zero-order valence-electron chi connectivity index (χ0n) is 28.6. The Balaban J connectivity index is 1.13. The van der Waals surface area contributed by atoms with Crippen LogP contribution >= 0.6 is 0 Å². The lowest BCUT2D eigenvalue weighted by Gasteiger charge is -2.23. The van der Waals surface area contributed by atoms with Crippen LogP contribution in [-0.4, -0.2) is 9.13 Å². The molecule has 1 saturated carbocycles. The van der Waals surface area contributed by atoms with Gasteiger partial charge in [-0.15, -0.1) is 0 Å². The average Bonchev–Trinajstić information content (AvgIpc) is 3.95. The fourth-order valence-electron chi connectivity index (χ4n) is 9.59. The highest BCUT2D eigenvalue weighted by atomic mass is 16.4. The van der Waals surface area contributed by atoms with Gasteiger partial charge in [-0.05, 0) is 91.1 Å². The van der Waals surface area contributed by atoms with Gasteiger partial charge >= 0.3 is 0 Å². The molecule has 0 saturated heterocycles. The van der Waals surface area contributed by atoms with E-state index >= 15 is 0 Å². The van der Waals surface area contributed by atoms with Crippen LogP contribution in [0.3, 0.4) is 0 Å². The number of rotatable bonds is 3. The van der Waals surface area contributed by atoms with E-state index < -0.39 is 0 Å². The topological polar surface area (TPSA) is 36.1 Å². The predicted molar refractivity (Wildman–Crippen MR) is 216 cm³/mol. The second kappa shape index (κ2) is 10.6. The van der Waals surface area contributed by atoms with Gasteiger partial charge in [-0.1, -0.05) is 92.1 Å². The van der Waals surface area contributed by atoms with Crippen LogP contribution in [0.4, 0.5) is 0 Å². The molecule has 4 nitrogen and oxygen atoms in total. The van der Waals surface area contributed by atoms with Crippen molar-refractivity contribution in [2.45, 2.75) is 38.0 Å². The van der Waals surface area contributed by atoms with E-state index in [1.807, 2.05) is 0 Å². The summed E-state index contributed by atoms with van der Waals surface area (Å²) in [4.78, 5) is 0. The van der Waals surface area contributed by atoms with Crippen molar-refractivity contribution in [2.75, 3.05) is 0 Å². The normalized spacial score (nSPS) is 14.5. The molecule has 4 heterocycles. The molecule has 12 rings (SSSR count). The zero-order chi connectivity index (χ0) is 33.9. The smallest absolute Gasteiger partial charge is 0.178 e. The lowest BCUT2D eigenvalue weighted by molar-refractivity contribution is 0.445. The van der Waals surface area contributed by atoms with Crippen molar-refractivity contribution in [3.63, 3.8) is 0 Å². The van der Waals surface area contributed by atoms with Crippen molar-refractivity contribution in [2.24, 2.45) is 0 Å². The highest BCUT2D eigenvalue weighted by Crippen LogP contribution is 2.47. The molecule has 0 unspecified atom stereocenters. The molecule has 52 heavy (non-hydrogen) atoms. The standard InChI is InChI=1S/C48H34N2O2/c1-2-12-29(13-3-1)36-28-38-37-26-30(49-40-18-8-4-14-32(40)33-15-5-9-19-41(33)49)22-24-44(37)51-47(38)48-46(36)39-27-31(23-25-45(39)52-48)50-42-20-10-6-16-34(42)35-17-7-11-21-43(35)50/h4-11,14-29H,1-3,12-13H2. The summed E-state index contributed by atoms with van der Waals surface area (Å²) < 4.78 is 18.5. The molecule has 7 aromatic carbocycles. The van der Waals surface area contributed by atoms with Gasteiger partial charge in [0.05, 0.1) is 22.1 Å². The van der Waals surface area contributed by atoms with E-state index in [0.717, 1.165) is 49.9 Å². The summed E-state index contributed by atoms with van der Waals surface area (Å²) in [6.07, 6.45) is 6.22. The molecular weight excluding hydrogens is 637 g/mol. The molecule has 0 amide bonds. The van der Waals surface area contributed by atoms with Crippen LogP contribution in [0.5, 0.6) is 0 Å². The van der Waals surface area contributed by atoms with E-state index in [-0.39, 0.29) is 0 Å². The highest BCUT2D eigenvalue weighted by Gasteiger charge is 2.26. The Labute approximate surface area is 299 Å². The van der Waals surface area contributed by atoms with Crippen molar-refractivity contribution in [1.82, 2.24) is 9.13 Å². The van der Waals surface area contributed by atoms with Gasteiger partial charge in [-0.3, -0.25) is 0 Å². The van der Waals surface area contributed by atoms with E-state index in [4.69, 9.17) is 8.83 Å². The van der Waals surface area contributed by atoms with E-state index in [1.54, 1.807) is 0 Å². The summed E-state index contributed by atoms with van der Waals surface area (Å²) in [7, 11) is 0. The molecule has 0 N–H and O–H groups in total. The lowest BCUT2D eigenvalue weighted by atomic mass is 9.81. The van der Waals surface area contributed by atoms with Crippen molar-refractivity contribution in [3.8, 4) is 11.4 Å². The van der Waals surface area contributed by atoms with Crippen LogP contribution in [0, 0.1) is 0 Å². The largest absolute Gasteiger partial charge is 0.452 e. The monoisotopic (exact) mass is 670 g/mol. The number of benzene rings is 7. The van der Waals surface area contributed by atoms with Gasteiger partial charge < -0.3 is 18.0 Å².